The van der Waals surface area contributed by atoms with Gasteiger partial charge in [-0.25, -0.2) is 5.14 Å². The smallest absolute Gasteiger partial charge is 0.296 e. The lowest BCUT2D eigenvalue weighted by molar-refractivity contribution is 0.562. The zero-order valence-electron chi connectivity index (χ0n) is 10.3. The van der Waals surface area contributed by atoms with Gasteiger partial charge in [0, 0.05) is 11.3 Å². The lowest BCUT2D eigenvalue weighted by Crippen LogP contribution is -2.21. The highest BCUT2D eigenvalue weighted by Gasteiger charge is 2.07. The van der Waals surface area contributed by atoms with Crippen LogP contribution in [0.2, 0.25) is 0 Å². The number of furan rings is 1. The molecule has 2 rings (SSSR count). The average Bonchev–Trinajstić information content (AvgIpc) is 2.80. The molecular formula is C12H15N3O3S. The largest absolute Gasteiger partial charge is 0.472 e. The van der Waals surface area contributed by atoms with Crippen molar-refractivity contribution in [1.29, 1.82) is 0 Å². The maximum atomic E-state index is 11.0. The van der Waals surface area contributed by atoms with Gasteiger partial charge in [0.05, 0.1) is 24.3 Å². The van der Waals surface area contributed by atoms with Crippen LogP contribution in [0.25, 0.3) is 0 Å². The molecule has 0 bridgehead atoms. The van der Waals surface area contributed by atoms with Crippen molar-refractivity contribution < 1.29 is 12.8 Å². The van der Waals surface area contributed by atoms with Crippen molar-refractivity contribution in [2.75, 3.05) is 10.0 Å². The molecule has 0 aliphatic carbocycles. The number of nitrogens with one attached hydrogen (secondary N) is 2. The van der Waals surface area contributed by atoms with Gasteiger partial charge in [0.2, 0.25) is 0 Å². The van der Waals surface area contributed by atoms with Crippen molar-refractivity contribution in [2.45, 2.75) is 13.0 Å². The molecule has 0 aliphatic rings. The molecule has 0 fully saturated rings. The Morgan fingerprint density at radius 2 is 2.00 bits per heavy atom. The molecule has 0 saturated carbocycles. The molecule has 1 heterocycles. The van der Waals surface area contributed by atoms with E-state index < -0.39 is 10.2 Å². The van der Waals surface area contributed by atoms with E-state index >= 15 is 0 Å². The third-order valence-electron chi connectivity index (χ3n) is 2.55. The van der Waals surface area contributed by atoms with Gasteiger partial charge >= 0.3 is 0 Å². The summed E-state index contributed by atoms with van der Waals surface area (Å²) in [5, 5.41) is 8.16. The van der Waals surface area contributed by atoms with Gasteiger partial charge in [-0.2, -0.15) is 8.42 Å². The van der Waals surface area contributed by atoms with E-state index in [9.17, 15) is 8.42 Å². The molecule has 2 aromatic rings. The van der Waals surface area contributed by atoms with Crippen LogP contribution in [0.3, 0.4) is 0 Å². The van der Waals surface area contributed by atoms with Gasteiger partial charge in [0.1, 0.15) is 0 Å². The Labute approximate surface area is 111 Å². The molecule has 1 aromatic carbocycles. The van der Waals surface area contributed by atoms with Crippen LogP contribution in [0.5, 0.6) is 0 Å². The van der Waals surface area contributed by atoms with E-state index in [4.69, 9.17) is 9.56 Å². The molecule has 0 radical (unpaired) electrons. The molecule has 0 saturated heterocycles. The summed E-state index contributed by atoms with van der Waals surface area (Å²) in [6.07, 6.45) is 3.26. The molecule has 1 atom stereocenters. The first-order valence-corrected chi connectivity index (χ1v) is 7.18. The van der Waals surface area contributed by atoms with Gasteiger partial charge in [-0.3, -0.25) is 4.72 Å². The fraction of sp³-hybridized carbons (Fsp3) is 0.167. The summed E-state index contributed by atoms with van der Waals surface area (Å²) in [5.74, 6) is 0. The van der Waals surface area contributed by atoms with Gasteiger partial charge in [-0.15, -0.1) is 0 Å². The Morgan fingerprint density at radius 1 is 1.26 bits per heavy atom. The van der Waals surface area contributed by atoms with Crippen LogP contribution in [0, 0.1) is 0 Å². The zero-order chi connectivity index (χ0) is 13.9. The minimum absolute atomic E-state index is 0.0449. The molecule has 0 spiro atoms. The Morgan fingerprint density at radius 3 is 2.63 bits per heavy atom. The van der Waals surface area contributed by atoms with Crippen molar-refractivity contribution in [2.24, 2.45) is 5.14 Å². The minimum atomic E-state index is -3.76. The minimum Gasteiger partial charge on any atom is -0.472 e. The highest BCUT2D eigenvalue weighted by molar-refractivity contribution is 7.90. The summed E-state index contributed by atoms with van der Waals surface area (Å²) in [7, 11) is -3.76. The van der Waals surface area contributed by atoms with Crippen LogP contribution in [-0.2, 0) is 10.2 Å². The first kappa shape index (κ1) is 13.4. The predicted octanol–water partition coefficient (Wildman–Crippen LogP) is 2.07. The Hall–Kier alpha value is -1.99. The van der Waals surface area contributed by atoms with Crippen LogP contribution in [-0.4, -0.2) is 8.42 Å². The van der Waals surface area contributed by atoms with Crippen LogP contribution >= 0.6 is 0 Å². The summed E-state index contributed by atoms with van der Waals surface area (Å²) in [5.41, 5.74) is 2.19. The normalized spacial score (nSPS) is 12.9. The van der Waals surface area contributed by atoms with Crippen molar-refractivity contribution in [1.82, 2.24) is 0 Å². The number of nitrogens with two attached hydrogens (primary N) is 1. The first-order valence-electron chi connectivity index (χ1n) is 5.63. The quantitative estimate of drug-likeness (QED) is 0.781. The third-order valence-corrected chi connectivity index (χ3v) is 3.07. The lowest BCUT2D eigenvalue weighted by atomic mass is 10.1. The van der Waals surface area contributed by atoms with E-state index in [0.717, 1.165) is 11.3 Å². The molecule has 102 valence electrons. The summed E-state index contributed by atoms with van der Waals surface area (Å²) < 4.78 is 29.1. The van der Waals surface area contributed by atoms with E-state index in [1.165, 1.54) is 0 Å². The monoisotopic (exact) mass is 281 g/mol. The van der Waals surface area contributed by atoms with Crippen molar-refractivity contribution in [3.63, 3.8) is 0 Å². The predicted molar refractivity (Wildman–Crippen MR) is 73.9 cm³/mol. The molecule has 19 heavy (non-hydrogen) atoms. The second-order valence-corrected chi connectivity index (χ2v) is 5.44. The molecule has 7 heteroatoms. The van der Waals surface area contributed by atoms with Gasteiger partial charge < -0.3 is 9.73 Å². The van der Waals surface area contributed by atoms with Crippen LogP contribution in [0.4, 0.5) is 11.4 Å². The Kier molecular flexibility index (Phi) is 3.77. The van der Waals surface area contributed by atoms with Gasteiger partial charge in [-0.05, 0) is 31.2 Å². The van der Waals surface area contributed by atoms with Crippen LogP contribution in [0.15, 0.2) is 47.3 Å². The highest BCUT2D eigenvalue weighted by Crippen LogP contribution is 2.22. The molecule has 0 aliphatic heterocycles. The molecule has 1 aromatic heterocycles. The first-order chi connectivity index (χ1) is 8.94. The van der Waals surface area contributed by atoms with E-state index in [2.05, 4.69) is 10.0 Å². The fourth-order valence-corrected chi connectivity index (χ4v) is 2.15. The molecule has 1 unspecified atom stereocenters. The Balaban J connectivity index is 2.11. The topological polar surface area (TPSA) is 97.4 Å². The maximum Gasteiger partial charge on any atom is 0.296 e. The second kappa shape index (κ2) is 5.33. The molecule has 6 nitrogen and oxygen atoms in total. The summed E-state index contributed by atoms with van der Waals surface area (Å²) in [6.45, 7) is 1.98. The number of anilines is 2. The van der Waals surface area contributed by atoms with Gasteiger partial charge in [-0.1, -0.05) is 6.07 Å². The van der Waals surface area contributed by atoms with Crippen molar-refractivity contribution in [3.05, 3.63) is 48.4 Å². The standard InChI is InChI=1S/C12H15N3O3S/c1-9(10-5-6-18-8-10)14-11-3-2-4-12(7-11)15-19(13,16)17/h2-9,14-15H,1H3,(H2,13,16,17). The zero-order valence-corrected chi connectivity index (χ0v) is 11.1. The van der Waals surface area contributed by atoms with Gasteiger partial charge in [0.25, 0.3) is 10.2 Å². The van der Waals surface area contributed by atoms with Crippen LogP contribution < -0.4 is 15.2 Å². The SMILES string of the molecule is CC(Nc1cccc(NS(N)(=O)=O)c1)c1ccoc1. The van der Waals surface area contributed by atoms with E-state index in [1.807, 2.05) is 19.1 Å². The van der Waals surface area contributed by atoms with Crippen molar-refractivity contribution in [3.8, 4) is 0 Å². The third kappa shape index (κ3) is 4.01. The second-order valence-electron chi connectivity index (χ2n) is 4.15. The summed E-state index contributed by atoms with van der Waals surface area (Å²) in [4.78, 5) is 0. The lowest BCUT2D eigenvalue weighted by Gasteiger charge is -2.14. The summed E-state index contributed by atoms with van der Waals surface area (Å²) >= 11 is 0. The van der Waals surface area contributed by atoms with E-state index in [-0.39, 0.29) is 6.04 Å². The maximum absolute atomic E-state index is 11.0. The number of rotatable bonds is 5. The number of benzene rings is 1. The van der Waals surface area contributed by atoms with E-state index in [0.29, 0.717) is 5.69 Å². The van der Waals surface area contributed by atoms with Gasteiger partial charge in [0.15, 0.2) is 0 Å². The Bertz CT molecular complexity index is 638. The fourth-order valence-electron chi connectivity index (χ4n) is 1.69. The molecular weight excluding hydrogens is 266 g/mol. The average molecular weight is 281 g/mol. The summed E-state index contributed by atoms with van der Waals surface area (Å²) in [6, 6.07) is 8.77. The van der Waals surface area contributed by atoms with E-state index in [1.54, 1.807) is 30.7 Å². The number of hydrogen-bond donors (Lipinski definition) is 3. The highest BCUT2D eigenvalue weighted by atomic mass is 32.2. The molecule has 4 N–H and O–H groups in total. The molecule has 0 amide bonds. The van der Waals surface area contributed by atoms with Crippen LogP contribution in [0.1, 0.15) is 18.5 Å². The van der Waals surface area contributed by atoms with Crippen molar-refractivity contribution >= 4 is 21.6 Å². The number of hydrogen-bond acceptors (Lipinski definition) is 4.